The summed E-state index contributed by atoms with van der Waals surface area (Å²) in [5.41, 5.74) is 7.22. The van der Waals surface area contributed by atoms with E-state index in [1.807, 2.05) is 37.3 Å². The predicted molar refractivity (Wildman–Crippen MR) is 120 cm³/mol. The lowest BCUT2D eigenvalue weighted by atomic mass is 9.95. The number of hydrogen-bond donors (Lipinski definition) is 2. The SMILES string of the molecule is CCN1CCN(CCCNC(=O)C(C)C(N)c2ccccc2)CC1.Cl.Cl.Cl. The Morgan fingerprint density at radius 1 is 1.07 bits per heavy atom. The highest BCUT2D eigenvalue weighted by Crippen LogP contribution is 2.18. The molecule has 1 fully saturated rings. The van der Waals surface area contributed by atoms with Gasteiger partial charge in [0, 0.05) is 38.8 Å². The van der Waals surface area contributed by atoms with Gasteiger partial charge < -0.3 is 20.9 Å². The lowest BCUT2D eigenvalue weighted by molar-refractivity contribution is -0.125. The maximum Gasteiger partial charge on any atom is 0.224 e. The third-order valence-electron chi connectivity index (χ3n) is 5.00. The number of rotatable bonds is 8. The molecular formula is C19H35Cl3N4O. The molecule has 1 aromatic carbocycles. The topological polar surface area (TPSA) is 61.6 Å². The minimum Gasteiger partial charge on any atom is -0.356 e. The first-order valence-corrected chi connectivity index (χ1v) is 9.14. The fourth-order valence-electron chi connectivity index (χ4n) is 3.13. The van der Waals surface area contributed by atoms with Gasteiger partial charge in [-0.1, -0.05) is 44.2 Å². The van der Waals surface area contributed by atoms with Gasteiger partial charge in [0.2, 0.25) is 5.91 Å². The van der Waals surface area contributed by atoms with Gasteiger partial charge in [-0.15, -0.1) is 37.2 Å². The average Bonchev–Trinajstić information content (AvgIpc) is 2.65. The molecule has 0 aromatic heterocycles. The zero-order valence-electron chi connectivity index (χ0n) is 16.3. The zero-order valence-corrected chi connectivity index (χ0v) is 18.8. The monoisotopic (exact) mass is 440 g/mol. The number of amides is 1. The van der Waals surface area contributed by atoms with Gasteiger partial charge in [-0.05, 0) is 25.1 Å². The maximum atomic E-state index is 12.3. The molecule has 1 aliphatic heterocycles. The van der Waals surface area contributed by atoms with Crippen molar-refractivity contribution in [2.75, 3.05) is 45.8 Å². The first-order valence-electron chi connectivity index (χ1n) is 9.14. The van der Waals surface area contributed by atoms with Crippen LogP contribution in [0.15, 0.2) is 30.3 Å². The second-order valence-electron chi connectivity index (χ2n) is 6.65. The number of likely N-dealkylation sites (N-methyl/N-ethyl adjacent to an activating group) is 1. The van der Waals surface area contributed by atoms with E-state index in [2.05, 4.69) is 22.0 Å². The van der Waals surface area contributed by atoms with Crippen molar-refractivity contribution in [3.8, 4) is 0 Å². The Bertz CT molecular complexity index is 499. The van der Waals surface area contributed by atoms with Crippen LogP contribution < -0.4 is 11.1 Å². The molecule has 2 rings (SSSR count). The van der Waals surface area contributed by atoms with Crippen molar-refractivity contribution in [3.05, 3.63) is 35.9 Å². The van der Waals surface area contributed by atoms with E-state index in [0.29, 0.717) is 0 Å². The zero-order chi connectivity index (χ0) is 17.4. The highest BCUT2D eigenvalue weighted by Gasteiger charge is 2.21. The molecule has 1 aliphatic rings. The summed E-state index contributed by atoms with van der Waals surface area (Å²) in [4.78, 5) is 17.2. The van der Waals surface area contributed by atoms with Gasteiger partial charge in [-0.25, -0.2) is 0 Å². The summed E-state index contributed by atoms with van der Waals surface area (Å²) in [5, 5.41) is 3.04. The number of carbonyl (C=O) groups is 1. The quantitative estimate of drug-likeness (QED) is 0.609. The molecule has 1 heterocycles. The van der Waals surface area contributed by atoms with Crippen molar-refractivity contribution in [1.29, 1.82) is 0 Å². The molecule has 5 nitrogen and oxygen atoms in total. The largest absolute Gasteiger partial charge is 0.356 e. The van der Waals surface area contributed by atoms with Crippen molar-refractivity contribution < 1.29 is 4.79 Å². The lowest BCUT2D eigenvalue weighted by Crippen LogP contribution is -2.46. The summed E-state index contributed by atoms with van der Waals surface area (Å²) >= 11 is 0. The predicted octanol–water partition coefficient (Wildman–Crippen LogP) is 2.73. The summed E-state index contributed by atoms with van der Waals surface area (Å²) in [6.45, 7) is 11.6. The molecule has 0 saturated carbocycles. The van der Waals surface area contributed by atoms with Crippen LogP contribution in [0.25, 0.3) is 0 Å². The second-order valence-corrected chi connectivity index (χ2v) is 6.65. The van der Waals surface area contributed by atoms with Crippen LogP contribution >= 0.6 is 37.2 Å². The van der Waals surface area contributed by atoms with E-state index in [0.717, 1.165) is 57.8 Å². The number of nitrogens with two attached hydrogens (primary N) is 1. The second kappa shape index (κ2) is 15.4. The Labute approximate surface area is 182 Å². The van der Waals surface area contributed by atoms with E-state index in [1.165, 1.54) is 0 Å². The van der Waals surface area contributed by atoms with Gasteiger partial charge in [-0.2, -0.15) is 0 Å². The Hall–Kier alpha value is -0.560. The average molecular weight is 442 g/mol. The third kappa shape index (κ3) is 9.46. The van der Waals surface area contributed by atoms with Crippen LogP contribution in [0.3, 0.4) is 0 Å². The minimum atomic E-state index is -0.256. The molecule has 2 atom stereocenters. The molecule has 0 aliphatic carbocycles. The molecule has 27 heavy (non-hydrogen) atoms. The Morgan fingerprint density at radius 2 is 1.63 bits per heavy atom. The van der Waals surface area contributed by atoms with Crippen molar-refractivity contribution in [3.63, 3.8) is 0 Å². The first kappa shape index (κ1) is 28.6. The number of benzene rings is 1. The van der Waals surface area contributed by atoms with E-state index >= 15 is 0 Å². The maximum absolute atomic E-state index is 12.3. The molecule has 1 aromatic rings. The van der Waals surface area contributed by atoms with Crippen molar-refractivity contribution >= 4 is 43.1 Å². The van der Waals surface area contributed by atoms with E-state index in [1.54, 1.807) is 0 Å². The molecule has 3 N–H and O–H groups in total. The van der Waals surface area contributed by atoms with E-state index in [4.69, 9.17) is 5.73 Å². The van der Waals surface area contributed by atoms with Gasteiger partial charge >= 0.3 is 0 Å². The number of nitrogens with one attached hydrogen (secondary N) is 1. The highest BCUT2D eigenvalue weighted by molar-refractivity contribution is 5.86. The fourth-order valence-corrected chi connectivity index (χ4v) is 3.13. The number of nitrogens with zero attached hydrogens (tertiary/aromatic N) is 2. The minimum absolute atomic E-state index is 0. The Morgan fingerprint density at radius 3 is 2.19 bits per heavy atom. The van der Waals surface area contributed by atoms with Gasteiger partial charge in [0.05, 0.1) is 5.92 Å². The Balaban J connectivity index is 0. The fraction of sp³-hybridized carbons (Fsp3) is 0.632. The van der Waals surface area contributed by atoms with Gasteiger partial charge in [0.1, 0.15) is 0 Å². The van der Waals surface area contributed by atoms with Crippen molar-refractivity contribution in [1.82, 2.24) is 15.1 Å². The molecule has 0 radical (unpaired) electrons. The number of carbonyl (C=O) groups excluding carboxylic acids is 1. The number of hydrogen-bond acceptors (Lipinski definition) is 4. The smallest absolute Gasteiger partial charge is 0.224 e. The summed E-state index contributed by atoms with van der Waals surface area (Å²) in [6.07, 6.45) is 0.991. The summed E-state index contributed by atoms with van der Waals surface area (Å²) in [6, 6.07) is 9.57. The van der Waals surface area contributed by atoms with E-state index in [-0.39, 0.29) is 55.1 Å². The van der Waals surface area contributed by atoms with Gasteiger partial charge in [-0.3, -0.25) is 4.79 Å². The molecule has 158 valence electrons. The lowest BCUT2D eigenvalue weighted by Gasteiger charge is -2.34. The van der Waals surface area contributed by atoms with Crippen LogP contribution in [-0.4, -0.2) is 61.5 Å². The normalized spacial score (nSPS) is 16.9. The number of halogens is 3. The molecule has 1 amide bonds. The number of piperazine rings is 1. The summed E-state index contributed by atoms with van der Waals surface area (Å²) < 4.78 is 0. The van der Waals surface area contributed by atoms with Crippen LogP contribution in [0.2, 0.25) is 0 Å². The van der Waals surface area contributed by atoms with Gasteiger partial charge in [0.15, 0.2) is 0 Å². The standard InChI is InChI=1S/C19H32N4O.3ClH/c1-3-22-12-14-23(15-13-22)11-7-10-21-19(24)16(2)18(20)17-8-5-4-6-9-17;;;/h4-6,8-9,16,18H,3,7,10-15,20H2,1-2H3,(H,21,24);3*1H. The van der Waals surface area contributed by atoms with Gasteiger partial charge in [0.25, 0.3) is 0 Å². The van der Waals surface area contributed by atoms with Crippen LogP contribution in [0.4, 0.5) is 0 Å². The summed E-state index contributed by atoms with van der Waals surface area (Å²) in [7, 11) is 0. The molecule has 1 saturated heterocycles. The Kier molecular flexibility index (Phi) is 16.3. The van der Waals surface area contributed by atoms with Crippen molar-refractivity contribution in [2.45, 2.75) is 26.3 Å². The molecule has 0 bridgehead atoms. The van der Waals surface area contributed by atoms with Crippen LogP contribution in [0, 0.1) is 5.92 Å². The summed E-state index contributed by atoms with van der Waals surface area (Å²) in [5.74, 6) is -0.178. The third-order valence-corrected chi connectivity index (χ3v) is 5.00. The van der Waals surface area contributed by atoms with Crippen LogP contribution in [-0.2, 0) is 4.79 Å². The first-order chi connectivity index (χ1) is 11.6. The molecule has 2 unspecified atom stereocenters. The molecule has 0 spiro atoms. The van der Waals surface area contributed by atoms with Crippen LogP contribution in [0.5, 0.6) is 0 Å². The molecule has 8 heteroatoms. The van der Waals surface area contributed by atoms with Crippen molar-refractivity contribution in [2.24, 2.45) is 11.7 Å². The van der Waals surface area contributed by atoms with E-state index in [9.17, 15) is 4.79 Å². The molecular weight excluding hydrogens is 407 g/mol. The van der Waals surface area contributed by atoms with Crippen LogP contribution in [0.1, 0.15) is 31.9 Å². The van der Waals surface area contributed by atoms with E-state index < -0.39 is 0 Å². The highest BCUT2D eigenvalue weighted by atomic mass is 35.5.